The molecule has 0 radical (unpaired) electrons. The first-order valence-electron chi connectivity index (χ1n) is 10.2. The van der Waals surface area contributed by atoms with E-state index in [0.717, 1.165) is 10.6 Å². The van der Waals surface area contributed by atoms with Crippen molar-refractivity contribution in [1.29, 1.82) is 0 Å². The van der Waals surface area contributed by atoms with Gasteiger partial charge in [-0.2, -0.15) is 0 Å². The van der Waals surface area contributed by atoms with Gasteiger partial charge in [0.25, 0.3) is 5.91 Å². The minimum atomic E-state index is -0.151. The second-order valence-corrected chi connectivity index (χ2v) is 9.84. The molecule has 1 saturated heterocycles. The number of fused-ring (bicyclic) bond motifs is 2. The molecule has 2 aliphatic rings. The Labute approximate surface area is 192 Å². The number of thiocarbonyl (C=S) groups is 1. The van der Waals surface area contributed by atoms with E-state index in [1.807, 2.05) is 19.2 Å². The lowest BCUT2D eigenvalue weighted by molar-refractivity contribution is -0.121. The van der Waals surface area contributed by atoms with Crippen LogP contribution in [0.4, 0.5) is 16.4 Å². The SMILES string of the molecule is CN1C(=O)/C(=C\c2cc3c(s2)N(c2ccccc2)c2ccccc2C3(C)C)N(C)C1=S. The number of anilines is 3. The first-order valence-corrected chi connectivity index (χ1v) is 11.4. The summed E-state index contributed by atoms with van der Waals surface area (Å²) in [5, 5.41) is 1.71. The summed E-state index contributed by atoms with van der Waals surface area (Å²) >= 11 is 7.08. The molecule has 0 saturated carbocycles. The Bertz CT molecular complexity index is 1240. The van der Waals surface area contributed by atoms with Gasteiger partial charge in [0.1, 0.15) is 10.7 Å². The maximum absolute atomic E-state index is 12.7. The average Bonchev–Trinajstić information content (AvgIpc) is 3.27. The molecule has 3 aromatic rings. The average molecular weight is 446 g/mol. The van der Waals surface area contributed by atoms with Crippen LogP contribution >= 0.6 is 23.6 Å². The van der Waals surface area contributed by atoms with Crippen LogP contribution in [0.5, 0.6) is 0 Å². The first-order chi connectivity index (χ1) is 14.8. The van der Waals surface area contributed by atoms with Gasteiger partial charge in [-0.3, -0.25) is 9.69 Å². The number of rotatable bonds is 2. The van der Waals surface area contributed by atoms with Gasteiger partial charge in [0.05, 0.1) is 5.69 Å². The molecule has 0 bridgehead atoms. The van der Waals surface area contributed by atoms with Crippen molar-refractivity contribution < 1.29 is 4.79 Å². The van der Waals surface area contributed by atoms with Crippen LogP contribution in [-0.4, -0.2) is 34.9 Å². The van der Waals surface area contributed by atoms with E-state index in [9.17, 15) is 4.79 Å². The minimum Gasteiger partial charge on any atom is -0.317 e. The molecule has 31 heavy (non-hydrogen) atoms. The Balaban J connectivity index is 1.70. The summed E-state index contributed by atoms with van der Waals surface area (Å²) in [4.78, 5) is 19.4. The number of benzene rings is 2. The standard InChI is InChI=1S/C25H23N3OS2/c1-25(2)18-12-8-9-13-20(18)28(16-10-6-5-7-11-16)23-19(25)14-17(31-23)15-21-22(29)27(4)24(30)26(21)3/h5-15H,1-4H3/b21-15+. The van der Waals surface area contributed by atoms with Crippen LogP contribution in [-0.2, 0) is 10.2 Å². The summed E-state index contributed by atoms with van der Waals surface area (Å²) in [6.07, 6.45) is 1.96. The quantitative estimate of drug-likeness (QED) is 0.363. The number of para-hydroxylation sites is 2. The van der Waals surface area contributed by atoms with E-state index in [4.69, 9.17) is 12.2 Å². The summed E-state index contributed by atoms with van der Waals surface area (Å²) in [6.45, 7) is 4.54. The van der Waals surface area contributed by atoms with E-state index < -0.39 is 0 Å². The Morgan fingerprint density at radius 1 is 0.935 bits per heavy atom. The van der Waals surface area contributed by atoms with E-state index >= 15 is 0 Å². The Morgan fingerprint density at radius 3 is 2.29 bits per heavy atom. The largest absolute Gasteiger partial charge is 0.317 e. The van der Waals surface area contributed by atoms with Gasteiger partial charge in [-0.1, -0.05) is 50.2 Å². The third-order valence-corrected chi connectivity index (χ3v) is 7.79. The summed E-state index contributed by atoms with van der Waals surface area (Å²) in [6, 6.07) is 21.3. The third-order valence-electron chi connectivity index (χ3n) is 6.18. The molecule has 3 heterocycles. The van der Waals surface area contributed by atoms with Crippen LogP contribution < -0.4 is 4.90 Å². The molecule has 0 aliphatic carbocycles. The number of hydrogen-bond acceptors (Lipinski definition) is 4. The molecular formula is C25H23N3OS2. The van der Waals surface area contributed by atoms with Gasteiger partial charge in [-0.15, -0.1) is 11.3 Å². The molecule has 0 N–H and O–H groups in total. The summed E-state index contributed by atoms with van der Waals surface area (Å²) < 4.78 is 0. The van der Waals surface area contributed by atoms with Gasteiger partial charge in [-0.25, -0.2) is 0 Å². The Morgan fingerprint density at radius 2 is 1.61 bits per heavy atom. The van der Waals surface area contributed by atoms with Crippen LogP contribution in [0.3, 0.4) is 0 Å². The summed E-state index contributed by atoms with van der Waals surface area (Å²) in [5.41, 5.74) is 5.33. The lowest BCUT2D eigenvalue weighted by atomic mass is 9.75. The zero-order valence-corrected chi connectivity index (χ0v) is 19.6. The molecule has 5 rings (SSSR count). The predicted molar refractivity (Wildman–Crippen MR) is 132 cm³/mol. The molecule has 0 spiro atoms. The van der Waals surface area contributed by atoms with Crippen molar-refractivity contribution >= 4 is 57.0 Å². The lowest BCUT2D eigenvalue weighted by Gasteiger charge is -2.39. The maximum Gasteiger partial charge on any atom is 0.276 e. The summed E-state index contributed by atoms with van der Waals surface area (Å²) in [7, 11) is 3.57. The number of thiophene rings is 1. The number of likely N-dealkylation sites (N-methyl/N-ethyl adjacent to an activating group) is 2. The fourth-order valence-corrected chi connectivity index (χ4v) is 5.86. The molecule has 1 amide bonds. The van der Waals surface area contributed by atoms with E-state index in [1.54, 1.807) is 23.3 Å². The van der Waals surface area contributed by atoms with Crippen molar-refractivity contribution in [1.82, 2.24) is 9.80 Å². The van der Waals surface area contributed by atoms with Crippen molar-refractivity contribution in [3.8, 4) is 0 Å². The number of carbonyl (C=O) groups excluding carboxylic acids is 1. The van der Waals surface area contributed by atoms with Crippen molar-refractivity contribution in [2.75, 3.05) is 19.0 Å². The smallest absolute Gasteiger partial charge is 0.276 e. The molecular weight excluding hydrogens is 422 g/mol. The molecule has 0 unspecified atom stereocenters. The van der Waals surface area contributed by atoms with Gasteiger partial charge in [0, 0.05) is 30.1 Å². The molecule has 4 nitrogen and oxygen atoms in total. The molecule has 2 aromatic carbocycles. The fourth-order valence-electron chi connectivity index (χ4n) is 4.39. The highest BCUT2D eigenvalue weighted by Crippen LogP contribution is 2.55. The summed E-state index contributed by atoms with van der Waals surface area (Å²) in [5.74, 6) is -0.0682. The second kappa shape index (κ2) is 7.04. The highest BCUT2D eigenvalue weighted by Gasteiger charge is 2.39. The fraction of sp³-hybridized carbons (Fsp3) is 0.200. The molecule has 156 valence electrons. The van der Waals surface area contributed by atoms with Crippen molar-refractivity contribution in [2.24, 2.45) is 0 Å². The molecule has 2 aliphatic heterocycles. The zero-order valence-electron chi connectivity index (χ0n) is 17.9. The van der Waals surface area contributed by atoms with Crippen molar-refractivity contribution in [3.63, 3.8) is 0 Å². The predicted octanol–water partition coefficient (Wildman–Crippen LogP) is 5.89. The second-order valence-electron chi connectivity index (χ2n) is 8.42. The van der Waals surface area contributed by atoms with Gasteiger partial charge in [0.2, 0.25) is 0 Å². The number of hydrogen-bond donors (Lipinski definition) is 0. The molecule has 1 fully saturated rings. The number of carbonyl (C=O) groups is 1. The minimum absolute atomic E-state index is 0.0682. The van der Waals surface area contributed by atoms with Crippen LogP contribution in [0.1, 0.15) is 29.9 Å². The van der Waals surface area contributed by atoms with Crippen LogP contribution in [0, 0.1) is 0 Å². The Hall–Kier alpha value is -2.96. The van der Waals surface area contributed by atoms with Crippen LogP contribution in [0.15, 0.2) is 66.4 Å². The normalized spacial score (nSPS) is 18.6. The van der Waals surface area contributed by atoms with Gasteiger partial charge >= 0.3 is 0 Å². The topological polar surface area (TPSA) is 26.8 Å². The molecule has 1 aromatic heterocycles. The van der Waals surface area contributed by atoms with Gasteiger partial charge < -0.3 is 9.80 Å². The molecule has 0 atom stereocenters. The van der Waals surface area contributed by atoms with Crippen LogP contribution in [0.25, 0.3) is 6.08 Å². The third kappa shape index (κ3) is 2.93. The van der Waals surface area contributed by atoms with Gasteiger partial charge in [-0.05, 0) is 53.7 Å². The maximum atomic E-state index is 12.7. The van der Waals surface area contributed by atoms with Crippen LogP contribution in [0.2, 0.25) is 0 Å². The zero-order chi connectivity index (χ0) is 21.9. The number of amides is 1. The molecule has 6 heteroatoms. The lowest BCUT2D eigenvalue weighted by Crippen LogP contribution is -2.29. The number of nitrogens with zero attached hydrogens (tertiary/aromatic N) is 3. The first kappa shape index (κ1) is 20.0. The van der Waals surface area contributed by atoms with Crippen molar-refractivity contribution in [3.05, 3.63) is 82.4 Å². The highest BCUT2D eigenvalue weighted by molar-refractivity contribution is 7.80. The van der Waals surface area contributed by atoms with E-state index in [2.05, 4.69) is 73.3 Å². The monoisotopic (exact) mass is 445 g/mol. The van der Waals surface area contributed by atoms with Crippen molar-refractivity contribution in [2.45, 2.75) is 19.3 Å². The van der Waals surface area contributed by atoms with E-state index in [1.165, 1.54) is 26.7 Å². The van der Waals surface area contributed by atoms with E-state index in [-0.39, 0.29) is 11.3 Å². The van der Waals surface area contributed by atoms with Gasteiger partial charge in [0.15, 0.2) is 5.11 Å². The van der Waals surface area contributed by atoms with E-state index in [0.29, 0.717) is 10.8 Å². The Kier molecular flexibility index (Phi) is 4.53. The highest BCUT2D eigenvalue weighted by atomic mass is 32.1.